The SMILES string of the molecule is Cc1nn(C)c(NC(C)c2cccc(Br)c2)c1[N+](=O)[O-]. The fourth-order valence-corrected chi connectivity index (χ4v) is 2.51. The molecule has 0 aliphatic rings. The van der Waals surface area contributed by atoms with Gasteiger partial charge in [-0.15, -0.1) is 0 Å². The van der Waals surface area contributed by atoms with E-state index in [1.54, 1.807) is 14.0 Å². The average molecular weight is 339 g/mol. The van der Waals surface area contributed by atoms with E-state index >= 15 is 0 Å². The standard InChI is InChI=1S/C13H15BrN4O2/c1-8(10-5-4-6-11(14)7-10)15-13-12(18(19)20)9(2)16-17(13)3/h4-8,15H,1-3H3. The largest absolute Gasteiger partial charge is 0.358 e. The lowest BCUT2D eigenvalue weighted by molar-refractivity contribution is -0.384. The van der Waals surface area contributed by atoms with Gasteiger partial charge in [0.05, 0.1) is 11.0 Å². The highest BCUT2D eigenvalue weighted by molar-refractivity contribution is 9.10. The molecule has 20 heavy (non-hydrogen) atoms. The van der Waals surface area contributed by atoms with Crippen LogP contribution in [0.3, 0.4) is 0 Å². The molecule has 0 amide bonds. The molecule has 1 unspecified atom stereocenters. The first-order valence-corrected chi connectivity index (χ1v) is 6.89. The molecule has 2 aromatic rings. The fourth-order valence-electron chi connectivity index (χ4n) is 2.09. The van der Waals surface area contributed by atoms with Gasteiger partial charge in [0.25, 0.3) is 0 Å². The van der Waals surface area contributed by atoms with Crippen molar-refractivity contribution in [2.45, 2.75) is 19.9 Å². The van der Waals surface area contributed by atoms with Crippen LogP contribution in [-0.4, -0.2) is 14.7 Å². The lowest BCUT2D eigenvalue weighted by atomic mass is 10.1. The van der Waals surface area contributed by atoms with Gasteiger partial charge in [-0.1, -0.05) is 28.1 Å². The zero-order chi connectivity index (χ0) is 14.9. The Morgan fingerprint density at radius 1 is 1.50 bits per heavy atom. The Morgan fingerprint density at radius 3 is 2.80 bits per heavy atom. The molecule has 1 aromatic carbocycles. The summed E-state index contributed by atoms with van der Waals surface area (Å²) in [6.07, 6.45) is 0. The number of nitrogens with one attached hydrogen (secondary N) is 1. The number of aromatic nitrogens is 2. The number of halogens is 1. The second-order valence-corrected chi connectivity index (χ2v) is 5.50. The summed E-state index contributed by atoms with van der Waals surface area (Å²) >= 11 is 3.42. The summed E-state index contributed by atoms with van der Waals surface area (Å²) < 4.78 is 2.47. The van der Waals surface area contributed by atoms with E-state index in [0.717, 1.165) is 10.0 Å². The zero-order valence-corrected chi connectivity index (χ0v) is 13.0. The minimum absolute atomic E-state index is 0.0225. The van der Waals surface area contributed by atoms with Crippen LogP contribution in [0.15, 0.2) is 28.7 Å². The topological polar surface area (TPSA) is 73.0 Å². The van der Waals surface area contributed by atoms with Gasteiger partial charge in [0.15, 0.2) is 0 Å². The summed E-state index contributed by atoms with van der Waals surface area (Å²) in [6, 6.07) is 7.75. The van der Waals surface area contributed by atoms with Gasteiger partial charge in [0.2, 0.25) is 5.82 Å². The molecule has 6 nitrogen and oxygen atoms in total. The smallest absolute Gasteiger partial charge is 0.333 e. The highest BCUT2D eigenvalue weighted by atomic mass is 79.9. The molecule has 0 spiro atoms. The third-order valence-corrected chi connectivity index (χ3v) is 3.57. The molecular weight excluding hydrogens is 324 g/mol. The Bertz CT molecular complexity index is 654. The summed E-state index contributed by atoms with van der Waals surface area (Å²) in [5, 5.41) is 18.4. The molecule has 0 saturated heterocycles. The maximum Gasteiger partial charge on any atom is 0.333 e. The van der Waals surface area contributed by atoms with E-state index < -0.39 is 4.92 Å². The van der Waals surface area contributed by atoms with Crippen LogP contribution in [-0.2, 0) is 7.05 Å². The van der Waals surface area contributed by atoms with Gasteiger partial charge >= 0.3 is 5.69 Å². The van der Waals surface area contributed by atoms with E-state index in [0.29, 0.717) is 11.5 Å². The van der Waals surface area contributed by atoms with Crippen molar-refractivity contribution in [2.75, 3.05) is 5.32 Å². The van der Waals surface area contributed by atoms with Crippen LogP contribution in [0, 0.1) is 17.0 Å². The third-order valence-electron chi connectivity index (χ3n) is 3.08. The number of rotatable bonds is 4. The highest BCUT2D eigenvalue weighted by Crippen LogP contribution is 2.30. The highest BCUT2D eigenvalue weighted by Gasteiger charge is 2.25. The van der Waals surface area contributed by atoms with Crippen molar-refractivity contribution in [1.82, 2.24) is 9.78 Å². The quantitative estimate of drug-likeness (QED) is 0.683. The minimum Gasteiger partial charge on any atom is -0.358 e. The molecule has 0 bridgehead atoms. The van der Waals surface area contributed by atoms with Crippen LogP contribution in [0.25, 0.3) is 0 Å². The molecule has 2 rings (SSSR count). The summed E-state index contributed by atoms with van der Waals surface area (Å²) in [4.78, 5) is 10.7. The Hall–Kier alpha value is -1.89. The van der Waals surface area contributed by atoms with Crippen LogP contribution in [0.4, 0.5) is 11.5 Å². The van der Waals surface area contributed by atoms with Crippen LogP contribution in [0.1, 0.15) is 24.2 Å². The van der Waals surface area contributed by atoms with Crippen molar-refractivity contribution in [3.05, 3.63) is 50.1 Å². The van der Waals surface area contributed by atoms with E-state index in [1.165, 1.54) is 4.68 Å². The van der Waals surface area contributed by atoms with Crippen LogP contribution >= 0.6 is 15.9 Å². The van der Waals surface area contributed by atoms with Crippen molar-refractivity contribution < 1.29 is 4.92 Å². The predicted octanol–water partition coefficient (Wildman–Crippen LogP) is 3.57. The molecule has 106 valence electrons. The zero-order valence-electron chi connectivity index (χ0n) is 11.4. The number of nitrogens with zero attached hydrogens (tertiary/aromatic N) is 3. The van der Waals surface area contributed by atoms with Crippen molar-refractivity contribution in [2.24, 2.45) is 7.05 Å². The maximum absolute atomic E-state index is 11.1. The second kappa shape index (κ2) is 5.62. The maximum atomic E-state index is 11.1. The van der Waals surface area contributed by atoms with E-state index in [2.05, 4.69) is 26.3 Å². The van der Waals surface area contributed by atoms with Gasteiger partial charge in [-0.3, -0.25) is 10.1 Å². The van der Waals surface area contributed by atoms with Gasteiger partial charge < -0.3 is 5.32 Å². The molecule has 1 atom stereocenters. The molecule has 0 radical (unpaired) electrons. The molecule has 0 saturated carbocycles. The van der Waals surface area contributed by atoms with Crippen LogP contribution < -0.4 is 5.32 Å². The van der Waals surface area contributed by atoms with E-state index in [4.69, 9.17) is 0 Å². The number of anilines is 1. The van der Waals surface area contributed by atoms with E-state index in [1.807, 2.05) is 31.2 Å². The Labute approximate surface area is 125 Å². The molecule has 0 fully saturated rings. The van der Waals surface area contributed by atoms with Gasteiger partial charge in [-0.05, 0) is 31.5 Å². The van der Waals surface area contributed by atoms with Gasteiger partial charge in [-0.25, -0.2) is 4.68 Å². The fraction of sp³-hybridized carbons (Fsp3) is 0.308. The molecular formula is C13H15BrN4O2. The van der Waals surface area contributed by atoms with Crippen molar-refractivity contribution in [1.29, 1.82) is 0 Å². The second-order valence-electron chi connectivity index (χ2n) is 4.58. The number of hydrogen-bond donors (Lipinski definition) is 1. The first kappa shape index (κ1) is 14.5. The predicted molar refractivity (Wildman–Crippen MR) is 80.8 cm³/mol. The number of benzene rings is 1. The molecule has 0 aliphatic carbocycles. The van der Waals surface area contributed by atoms with Gasteiger partial charge in [0.1, 0.15) is 5.69 Å². The monoisotopic (exact) mass is 338 g/mol. The summed E-state index contributed by atoms with van der Waals surface area (Å²) in [7, 11) is 1.69. The van der Waals surface area contributed by atoms with E-state index in [-0.39, 0.29) is 11.7 Å². The van der Waals surface area contributed by atoms with Crippen molar-refractivity contribution in [3.8, 4) is 0 Å². The summed E-state index contributed by atoms with van der Waals surface area (Å²) in [5.41, 5.74) is 1.46. The van der Waals surface area contributed by atoms with Crippen molar-refractivity contribution in [3.63, 3.8) is 0 Å². The lowest BCUT2D eigenvalue weighted by Gasteiger charge is -2.15. The average Bonchev–Trinajstić information content (AvgIpc) is 2.64. The molecule has 1 aromatic heterocycles. The normalized spacial score (nSPS) is 12.2. The number of nitro groups is 1. The molecule has 0 aliphatic heterocycles. The lowest BCUT2D eigenvalue weighted by Crippen LogP contribution is -2.11. The van der Waals surface area contributed by atoms with E-state index in [9.17, 15) is 10.1 Å². The van der Waals surface area contributed by atoms with Crippen LogP contribution in [0.5, 0.6) is 0 Å². The van der Waals surface area contributed by atoms with Gasteiger partial charge in [-0.2, -0.15) is 5.10 Å². The molecule has 1 N–H and O–H groups in total. The first-order valence-electron chi connectivity index (χ1n) is 6.10. The number of aryl methyl sites for hydroxylation is 2. The van der Waals surface area contributed by atoms with Crippen molar-refractivity contribution >= 4 is 27.4 Å². The molecule has 1 heterocycles. The molecule has 7 heteroatoms. The third kappa shape index (κ3) is 2.82. The Morgan fingerprint density at radius 2 is 2.20 bits per heavy atom. The first-order chi connectivity index (χ1) is 9.40. The van der Waals surface area contributed by atoms with Gasteiger partial charge in [0, 0.05) is 11.5 Å². The Kier molecular flexibility index (Phi) is 4.08. The number of hydrogen-bond acceptors (Lipinski definition) is 4. The summed E-state index contributed by atoms with van der Waals surface area (Å²) in [5.74, 6) is 0.417. The summed E-state index contributed by atoms with van der Waals surface area (Å²) in [6.45, 7) is 3.58. The minimum atomic E-state index is -0.404. The van der Waals surface area contributed by atoms with Crippen LogP contribution in [0.2, 0.25) is 0 Å². The Balaban J connectivity index is 2.33.